The van der Waals surface area contributed by atoms with Crippen molar-refractivity contribution in [2.24, 2.45) is 0 Å². The molecule has 0 radical (unpaired) electrons. The van der Waals surface area contributed by atoms with Gasteiger partial charge in [0.15, 0.2) is 11.5 Å². The van der Waals surface area contributed by atoms with Crippen molar-refractivity contribution in [2.75, 3.05) is 6.79 Å². The van der Waals surface area contributed by atoms with Crippen molar-refractivity contribution in [2.45, 2.75) is 26.3 Å². The molecule has 0 atom stereocenters. The van der Waals surface area contributed by atoms with E-state index in [1.807, 2.05) is 0 Å². The van der Waals surface area contributed by atoms with E-state index in [1.54, 1.807) is 18.2 Å². The summed E-state index contributed by atoms with van der Waals surface area (Å²) in [5.74, 6) is 1.69. The van der Waals surface area contributed by atoms with Gasteiger partial charge in [0.25, 0.3) is 5.91 Å². The Hall–Kier alpha value is -2.49. The SMILES string of the molecule is CC(C)c1ccc(CNC(=O)c2ccc3c(c2)OCO3)cc1. The van der Waals surface area contributed by atoms with E-state index in [9.17, 15) is 4.79 Å². The summed E-state index contributed by atoms with van der Waals surface area (Å²) < 4.78 is 10.5. The van der Waals surface area contributed by atoms with Gasteiger partial charge in [0.2, 0.25) is 6.79 Å². The highest BCUT2D eigenvalue weighted by molar-refractivity contribution is 5.94. The second kappa shape index (κ2) is 6.10. The minimum Gasteiger partial charge on any atom is -0.454 e. The van der Waals surface area contributed by atoms with Gasteiger partial charge < -0.3 is 14.8 Å². The fraction of sp³-hybridized carbons (Fsp3) is 0.278. The second-order valence-electron chi connectivity index (χ2n) is 5.65. The van der Waals surface area contributed by atoms with Gasteiger partial charge in [0, 0.05) is 12.1 Å². The maximum atomic E-state index is 12.2. The van der Waals surface area contributed by atoms with E-state index in [-0.39, 0.29) is 12.7 Å². The number of fused-ring (bicyclic) bond motifs is 1. The fourth-order valence-electron chi connectivity index (χ4n) is 2.34. The van der Waals surface area contributed by atoms with Crippen LogP contribution < -0.4 is 14.8 Å². The molecule has 0 fully saturated rings. The van der Waals surface area contributed by atoms with Crippen molar-refractivity contribution in [3.05, 3.63) is 59.2 Å². The summed E-state index contributed by atoms with van der Waals surface area (Å²) in [6.45, 7) is 5.04. The Kier molecular flexibility index (Phi) is 4.00. The Bertz CT molecular complexity index is 677. The van der Waals surface area contributed by atoms with Gasteiger partial charge in [-0.3, -0.25) is 4.79 Å². The summed E-state index contributed by atoms with van der Waals surface area (Å²) >= 11 is 0. The molecule has 0 saturated heterocycles. The van der Waals surface area contributed by atoms with Gasteiger partial charge in [-0.2, -0.15) is 0 Å². The number of amides is 1. The van der Waals surface area contributed by atoms with Crippen LogP contribution in [0.15, 0.2) is 42.5 Å². The molecule has 0 aliphatic carbocycles. The number of carbonyl (C=O) groups excluding carboxylic acids is 1. The summed E-state index contributed by atoms with van der Waals surface area (Å²) in [6, 6.07) is 13.5. The highest BCUT2D eigenvalue weighted by Crippen LogP contribution is 2.32. The van der Waals surface area contributed by atoms with Crippen LogP contribution in [0.5, 0.6) is 11.5 Å². The van der Waals surface area contributed by atoms with Gasteiger partial charge >= 0.3 is 0 Å². The van der Waals surface area contributed by atoms with Gasteiger partial charge in [0.05, 0.1) is 0 Å². The zero-order valence-electron chi connectivity index (χ0n) is 12.8. The van der Waals surface area contributed by atoms with Crippen molar-refractivity contribution in [3.63, 3.8) is 0 Å². The van der Waals surface area contributed by atoms with Crippen LogP contribution in [0, 0.1) is 0 Å². The van der Waals surface area contributed by atoms with E-state index in [2.05, 4.69) is 43.4 Å². The van der Waals surface area contributed by atoms with Crippen molar-refractivity contribution < 1.29 is 14.3 Å². The quantitative estimate of drug-likeness (QED) is 0.940. The lowest BCUT2D eigenvalue weighted by Gasteiger charge is -2.08. The van der Waals surface area contributed by atoms with Crippen molar-refractivity contribution in [3.8, 4) is 11.5 Å². The molecule has 4 heteroatoms. The van der Waals surface area contributed by atoms with E-state index in [4.69, 9.17) is 9.47 Å². The Morgan fingerprint density at radius 3 is 2.55 bits per heavy atom. The van der Waals surface area contributed by atoms with Crippen molar-refractivity contribution >= 4 is 5.91 Å². The maximum absolute atomic E-state index is 12.2. The third kappa shape index (κ3) is 3.06. The van der Waals surface area contributed by atoms with Crippen LogP contribution in [-0.2, 0) is 6.54 Å². The van der Waals surface area contributed by atoms with E-state index in [0.29, 0.717) is 29.5 Å². The number of hydrogen-bond donors (Lipinski definition) is 1. The van der Waals surface area contributed by atoms with Crippen LogP contribution in [0.2, 0.25) is 0 Å². The average Bonchev–Trinajstić information content (AvgIpc) is 3.00. The predicted octanol–water partition coefficient (Wildman–Crippen LogP) is 3.47. The molecular weight excluding hydrogens is 278 g/mol. The first kappa shape index (κ1) is 14.4. The minimum absolute atomic E-state index is 0.119. The number of ether oxygens (including phenoxy) is 2. The van der Waals surface area contributed by atoms with E-state index >= 15 is 0 Å². The molecule has 22 heavy (non-hydrogen) atoms. The Balaban J connectivity index is 1.62. The second-order valence-corrected chi connectivity index (χ2v) is 5.65. The molecule has 114 valence electrons. The van der Waals surface area contributed by atoms with Crippen LogP contribution in [0.4, 0.5) is 0 Å². The molecule has 2 aromatic rings. The van der Waals surface area contributed by atoms with E-state index in [0.717, 1.165) is 5.56 Å². The zero-order chi connectivity index (χ0) is 15.5. The van der Waals surface area contributed by atoms with Crippen molar-refractivity contribution in [1.29, 1.82) is 0 Å². The number of hydrogen-bond acceptors (Lipinski definition) is 3. The summed E-state index contributed by atoms with van der Waals surface area (Å²) in [6.07, 6.45) is 0. The number of nitrogens with one attached hydrogen (secondary N) is 1. The molecule has 3 rings (SSSR count). The van der Waals surface area contributed by atoms with E-state index in [1.165, 1.54) is 5.56 Å². The van der Waals surface area contributed by atoms with Gasteiger partial charge in [-0.25, -0.2) is 0 Å². The van der Waals surface area contributed by atoms with Crippen LogP contribution in [0.1, 0.15) is 41.3 Å². The molecule has 1 aliphatic rings. The minimum atomic E-state index is -0.119. The monoisotopic (exact) mass is 297 g/mol. The first-order valence-corrected chi connectivity index (χ1v) is 7.40. The number of carbonyl (C=O) groups is 1. The lowest BCUT2D eigenvalue weighted by atomic mass is 10.0. The van der Waals surface area contributed by atoms with Gasteiger partial charge in [-0.1, -0.05) is 38.1 Å². The highest BCUT2D eigenvalue weighted by Gasteiger charge is 2.16. The van der Waals surface area contributed by atoms with Crippen LogP contribution >= 0.6 is 0 Å². The summed E-state index contributed by atoms with van der Waals surface area (Å²) in [7, 11) is 0. The van der Waals surface area contributed by atoms with Crippen LogP contribution in [-0.4, -0.2) is 12.7 Å². The average molecular weight is 297 g/mol. The molecule has 0 unspecified atom stereocenters. The highest BCUT2D eigenvalue weighted by atomic mass is 16.7. The standard InChI is InChI=1S/C18H19NO3/c1-12(2)14-5-3-13(4-6-14)10-19-18(20)15-7-8-16-17(9-15)22-11-21-16/h3-9,12H,10-11H2,1-2H3,(H,19,20). The number of benzene rings is 2. The number of rotatable bonds is 4. The van der Waals surface area contributed by atoms with Crippen molar-refractivity contribution in [1.82, 2.24) is 5.32 Å². The molecule has 0 aromatic heterocycles. The summed E-state index contributed by atoms with van der Waals surface area (Å²) in [5, 5.41) is 2.92. The third-order valence-electron chi connectivity index (χ3n) is 3.73. The largest absolute Gasteiger partial charge is 0.454 e. The van der Waals surface area contributed by atoms with Crippen LogP contribution in [0.25, 0.3) is 0 Å². The molecule has 4 nitrogen and oxygen atoms in total. The normalized spacial score (nSPS) is 12.5. The fourth-order valence-corrected chi connectivity index (χ4v) is 2.34. The van der Waals surface area contributed by atoms with Gasteiger partial charge in [-0.15, -0.1) is 0 Å². The Morgan fingerprint density at radius 1 is 1.09 bits per heavy atom. The smallest absolute Gasteiger partial charge is 0.251 e. The molecule has 1 N–H and O–H groups in total. The molecule has 1 aliphatic heterocycles. The van der Waals surface area contributed by atoms with E-state index < -0.39 is 0 Å². The van der Waals surface area contributed by atoms with Crippen LogP contribution in [0.3, 0.4) is 0 Å². The summed E-state index contributed by atoms with van der Waals surface area (Å²) in [5.41, 5.74) is 2.95. The zero-order valence-corrected chi connectivity index (χ0v) is 12.8. The molecule has 2 aromatic carbocycles. The van der Waals surface area contributed by atoms with Gasteiger partial charge in [0.1, 0.15) is 0 Å². The first-order valence-electron chi connectivity index (χ1n) is 7.40. The molecule has 0 spiro atoms. The van der Waals surface area contributed by atoms with Gasteiger partial charge in [-0.05, 0) is 35.2 Å². The topological polar surface area (TPSA) is 47.6 Å². The first-order chi connectivity index (χ1) is 10.6. The Labute approximate surface area is 130 Å². The molecular formula is C18H19NO3. The molecule has 1 amide bonds. The molecule has 0 bridgehead atoms. The molecule has 0 saturated carbocycles. The maximum Gasteiger partial charge on any atom is 0.251 e. The lowest BCUT2D eigenvalue weighted by molar-refractivity contribution is 0.0950. The molecule has 1 heterocycles. The third-order valence-corrected chi connectivity index (χ3v) is 3.73. The summed E-state index contributed by atoms with van der Waals surface area (Å²) in [4.78, 5) is 12.2. The lowest BCUT2D eigenvalue weighted by Crippen LogP contribution is -2.22. The Morgan fingerprint density at radius 2 is 1.82 bits per heavy atom. The predicted molar refractivity (Wildman–Crippen MR) is 84.3 cm³/mol.